The van der Waals surface area contributed by atoms with Crippen LogP contribution in [-0.2, 0) is 6.54 Å². The molecule has 0 N–H and O–H groups in total. The van der Waals surface area contributed by atoms with E-state index in [9.17, 15) is 4.79 Å². The minimum absolute atomic E-state index is 0.0235. The summed E-state index contributed by atoms with van der Waals surface area (Å²) in [5.74, 6) is 0.659. The van der Waals surface area contributed by atoms with Gasteiger partial charge in [0.05, 0.1) is 0 Å². The number of carbonyl (C=O) groups excluding carboxylic acids is 1. The van der Waals surface area contributed by atoms with Crippen molar-refractivity contribution in [1.82, 2.24) is 4.90 Å². The highest BCUT2D eigenvalue weighted by molar-refractivity contribution is 5.94. The van der Waals surface area contributed by atoms with Gasteiger partial charge in [0, 0.05) is 19.2 Å². The fourth-order valence-electron chi connectivity index (χ4n) is 2.07. The third-order valence-corrected chi connectivity index (χ3v) is 3.18. The molecule has 0 aliphatic rings. The third-order valence-electron chi connectivity index (χ3n) is 3.18. The summed E-state index contributed by atoms with van der Waals surface area (Å²) in [5.41, 5.74) is 2.67. The van der Waals surface area contributed by atoms with Gasteiger partial charge in [-0.15, -0.1) is 0 Å². The Morgan fingerprint density at radius 1 is 1.14 bits per heavy atom. The average molecular weight is 295 g/mol. The van der Waals surface area contributed by atoms with E-state index in [4.69, 9.17) is 4.74 Å². The summed E-state index contributed by atoms with van der Waals surface area (Å²) in [5, 5.41) is 0. The van der Waals surface area contributed by atoms with Crippen molar-refractivity contribution >= 4 is 5.91 Å². The van der Waals surface area contributed by atoms with E-state index in [0.29, 0.717) is 24.5 Å². The smallest absolute Gasteiger partial charge is 0.254 e. The van der Waals surface area contributed by atoms with Crippen LogP contribution in [0.25, 0.3) is 0 Å². The van der Waals surface area contributed by atoms with Gasteiger partial charge in [-0.05, 0) is 36.3 Å². The van der Waals surface area contributed by atoms with Gasteiger partial charge in [0.2, 0.25) is 0 Å². The van der Waals surface area contributed by atoms with E-state index < -0.39 is 0 Å². The van der Waals surface area contributed by atoms with Crippen molar-refractivity contribution in [2.75, 3.05) is 13.7 Å². The van der Waals surface area contributed by atoms with Crippen LogP contribution in [0.4, 0.5) is 0 Å². The van der Waals surface area contributed by atoms with E-state index in [1.54, 1.807) is 24.1 Å². The second-order valence-corrected chi connectivity index (χ2v) is 5.42. The molecule has 3 nitrogen and oxygen atoms in total. The molecule has 2 rings (SSSR count). The highest BCUT2D eigenvalue weighted by Crippen LogP contribution is 2.16. The van der Waals surface area contributed by atoms with Gasteiger partial charge >= 0.3 is 0 Å². The summed E-state index contributed by atoms with van der Waals surface area (Å²) >= 11 is 0. The van der Waals surface area contributed by atoms with Gasteiger partial charge in [-0.25, -0.2) is 0 Å². The van der Waals surface area contributed by atoms with Crippen LogP contribution >= 0.6 is 0 Å². The van der Waals surface area contributed by atoms with Crippen LogP contribution in [-0.4, -0.2) is 24.5 Å². The highest BCUT2D eigenvalue weighted by Gasteiger charge is 2.12. The number of hydrogen-bond donors (Lipinski definition) is 0. The second kappa shape index (κ2) is 7.46. The lowest BCUT2D eigenvalue weighted by Gasteiger charge is -2.18. The van der Waals surface area contributed by atoms with Gasteiger partial charge in [-0.2, -0.15) is 0 Å². The molecule has 2 aromatic rings. The van der Waals surface area contributed by atoms with Crippen molar-refractivity contribution in [3.63, 3.8) is 0 Å². The highest BCUT2D eigenvalue weighted by atomic mass is 16.5. The van der Waals surface area contributed by atoms with E-state index in [0.717, 1.165) is 11.1 Å². The average Bonchev–Trinajstić information content (AvgIpc) is 2.53. The molecule has 0 atom stereocenters. The molecule has 0 aromatic heterocycles. The van der Waals surface area contributed by atoms with Crippen LogP contribution in [0.2, 0.25) is 0 Å². The lowest BCUT2D eigenvalue weighted by atomic mass is 10.1. The van der Waals surface area contributed by atoms with Crippen LogP contribution in [0.15, 0.2) is 66.7 Å². The van der Waals surface area contributed by atoms with E-state index in [1.165, 1.54) is 0 Å². The molecule has 1 amide bonds. The van der Waals surface area contributed by atoms with Crippen LogP contribution in [0, 0.1) is 0 Å². The van der Waals surface area contributed by atoms with Crippen LogP contribution in [0.3, 0.4) is 0 Å². The number of benzene rings is 2. The number of hydrogen-bond acceptors (Lipinski definition) is 2. The monoisotopic (exact) mass is 295 g/mol. The SMILES string of the molecule is C=C(C)COc1cccc(C(=O)N(C)Cc2ccccc2)c1. The predicted octanol–water partition coefficient (Wildman–Crippen LogP) is 3.91. The largest absolute Gasteiger partial charge is 0.489 e. The molecule has 2 aromatic carbocycles. The molecular formula is C19H21NO2. The molecule has 114 valence electrons. The Labute approximate surface area is 131 Å². The Hall–Kier alpha value is -2.55. The Kier molecular flexibility index (Phi) is 5.37. The Morgan fingerprint density at radius 3 is 2.55 bits per heavy atom. The van der Waals surface area contributed by atoms with E-state index in [1.807, 2.05) is 49.4 Å². The quantitative estimate of drug-likeness (QED) is 0.756. The van der Waals surface area contributed by atoms with Gasteiger partial charge in [0.1, 0.15) is 12.4 Å². The molecule has 0 heterocycles. The Morgan fingerprint density at radius 2 is 1.86 bits per heavy atom. The molecule has 0 fully saturated rings. The lowest BCUT2D eigenvalue weighted by Crippen LogP contribution is -2.26. The van der Waals surface area contributed by atoms with Crippen molar-refractivity contribution < 1.29 is 9.53 Å². The number of ether oxygens (including phenoxy) is 1. The molecule has 0 bridgehead atoms. The number of rotatable bonds is 6. The maximum Gasteiger partial charge on any atom is 0.254 e. The van der Waals surface area contributed by atoms with Crippen molar-refractivity contribution in [3.05, 3.63) is 77.9 Å². The van der Waals surface area contributed by atoms with Crippen LogP contribution < -0.4 is 4.74 Å². The molecule has 22 heavy (non-hydrogen) atoms. The number of carbonyl (C=O) groups is 1. The zero-order valence-corrected chi connectivity index (χ0v) is 13.1. The standard InChI is InChI=1S/C19H21NO2/c1-15(2)14-22-18-11-7-10-17(12-18)19(21)20(3)13-16-8-5-4-6-9-16/h4-12H,1,13-14H2,2-3H3. The molecule has 0 aliphatic carbocycles. The molecule has 0 saturated carbocycles. The second-order valence-electron chi connectivity index (χ2n) is 5.42. The van der Waals surface area contributed by atoms with Crippen LogP contribution in [0.1, 0.15) is 22.8 Å². The lowest BCUT2D eigenvalue weighted by molar-refractivity contribution is 0.0784. The van der Waals surface area contributed by atoms with Gasteiger partial charge in [0.25, 0.3) is 5.91 Å². The summed E-state index contributed by atoms with van der Waals surface area (Å²) in [6.07, 6.45) is 0. The number of nitrogens with zero attached hydrogens (tertiary/aromatic N) is 1. The minimum atomic E-state index is -0.0235. The molecule has 0 unspecified atom stereocenters. The zero-order chi connectivity index (χ0) is 15.9. The summed E-state index contributed by atoms with van der Waals surface area (Å²) in [4.78, 5) is 14.2. The van der Waals surface area contributed by atoms with E-state index >= 15 is 0 Å². The molecule has 0 spiro atoms. The summed E-state index contributed by atoms with van der Waals surface area (Å²) in [7, 11) is 1.80. The first-order valence-electron chi connectivity index (χ1n) is 7.23. The maximum absolute atomic E-state index is 12.5. The van der Waals surface area contributed by atoms with Crippen LogP contribution in [0.5, 0.6) is 5.75 Å². The first-order chi connectivity index (χ1) is 10.6. The normalized spacial score (nSPS) is 10.1. The first-order valence-corrected chi connectivity index (χ1v) is 7.23. The Balaban J connectivity index is 2.05. The molecule has 0 saturated heterocycles. The fraction of sp³-hybridized carbons (Fsp3) is 0.211. The molecule has 0 aliphatic heterocycles. The van der Waals surface area contributed by atoms with Crippen molar-refractivity contribution in [1.29, 1.82) is 0 Å². The van der Waals surface area contributed by atoms with Gasteiger partial charge in [-0.3, -0.25) is 4.79 Å². The third kappa shape index (κ3) is 4.48. The summed E-state index contributed by atoms with van der Waals surface area (Å²) in [6.45, 7) is 6.74. The van der Waals surface area contributed by atoms with Crippen molar-refractivity contribution in [2.45, 2.75) is 13.5 Å². The fourth-order valence-corrected chi connectivity index (χ4v) is 2.07. The minimum Gasteiger partial charge on any atom is -0.489 e. The zero-order valence-electron chi connectivity index (χ0n) is 13.1. The predicted molar refractivity (Wildman–Crippen MR) is 89.0 cm³/mol. The topological polar surface area (TPSA) is 29.5 Å². The molecule has 3 heteroatoms. The van der Waals surface area contributed by atoms with Gasteiger partial charge in [-0.1, -0.05) is 43.0 Å². The van der Waals surface area contributed by atoms with Crippen molar-refractivity contribution in [2.24, 2.45) is 0 Å². The molecule has 0 radical (unpaired) electrons. The van der Waals surface area contributed by atoms with Gasteiger partial charge < -0.3 is 9.64 Å². The Bertz CT molecular complexity index is 649. The molecular weight excluding hydrogens is 274 g/mol. The first kappa shape index (κ1) is 15.8. The number of amides is 1. The summed E-state index contributed by atoms with van der Waals surface area (Å²) in [6, 6.07) is 17.2. The van der Waals surface area contributed by atoms with E-state index in [2.05, 4.69) is 6.58 Å². The van der Waals surface area contributed by atoms with Crippen molar-refractivity contribution in [3.8, 4) is 5.75 Å². The summed E-state index contributed by atoms with van der Waals surface area (Å²) < 4.78 is 5.59. The van der Waals surface area contributed by atoms with Gasteiger partial charge in [0.15, 0.2) is 0 Å². The maximum atomic E-state index is 12.5. The van der Waals surface area contributed by atoms with E-state index in [-0.39, 0.29) is 5.91 Å².